The van der Waals surface area contributed by atoms with Crippen molar-refractivity contribution in [1.29, 1.82) is 0 Å². The molecule has 0 aliphatic rings. The zero-order valence-corrected chi connectivity index (χ0v) is 15.0. The number of hydrogen-bond acceptors (Lipinski definition) is 3. The van der Waals surface area contributed by atoms with E-state index in [1.165, 1.54) is 12.1 Å². The molecule has 146 valence electrons. The lowest BCUT2D eigenvalue weighted by Gasteiger charge is -2.18. The minimum absolute atomic E-state index is 0.110. The molecular formula is C22H20F3NO2. The van der Waals surface area contributed by atoms with Crippen molar-refractivity contribution < 1.29 is 22.6 Å². The van der Waals surface area contributed by atoms with E-state index in [4.69, 9.17) is 15.2 Å². The third-order valence-electron chi connectivity index (χ3n) is 4.11. The Hall–Kier alpha value is -2.99. The van der Waals surface area contributed by atoms with E-state index in [2.05, 4.69) is 0 Å². The number of alkyl halides is 3. The molecule has 3 aromatic rings. The summed E-state index contributed by atoms with van der Waals surface area (Å²) < 4.78 is 50.7. The molecule has 0 aromatic heterocycles. The van der Waals surface area contributed by atoms with Gasteiger partial charge >= 0.3 is 6.18 Å². The molecule has 0 unspecified atom stereocenters. The zero-order valence-electron chi connectivity index (χ0n) is 15.0. The highest BCUT2D eigenvalue weighted by Crippen LogP contribution is 2.35. The lowest BCUT2D eigenvalue weighted by Crippen LogP contribution is -2.28. The van der Waals surface area contributed by atoms with Gasteiger partial charge in [0, 0.05) is 6.07 Å². The van der Waals surface area contributed by atoms with Gasteiger partial charge in [0.15, 0.2) is 0 Å². The summed E-state index contributed by atoms with van der Waals surface area (Å²) in [5.41, 5.74) is 7.08. The van der Waals surface area contributed by atoms with Gasteiger partial charge in [-0.05, 0) is 28.8 Å². The normalized spacial score (nSPS) is 12.4. The minimum atomic E-state index is -4.56. The maximum Gasteiger partial charge on any atom is 0.407 e. The summed E-state index contributed by atoms with van der Waals surface area (Å²) in [5.74, 6) is 0.535. The minimum Gasteiger partial charge on any atom is -0.489 e. The molecule has 3 rings (SSSR count). The number of benzene rings is 3. The van der Waals surface area contributed by atoms with Crippen molar-refractivity contribution in [2.24, 2.45) is 5.73 Å². The van der Waals surface area contributed by atoms with Crippen LogP contribution >= 0.6 is 0 Å². The van der Waals surface area contributed by atoms with Crippen LogP contribution in [-0.2, 0) is 13.2 Å². The van der Waals surface area contributed by atoms with Crippen LogP contribution in [0.4, 0.5) is 13.2 Å². The number of rotatable bonds is 7. The predicted molar refractivity (Wildman–Crippen MR) is 101 cm³/mol. The van der Waals surface area contributed by atoms with Crippen molar-refractivity contribution in [2.75, 3.05) is 0 Å². The Balaban J connectivity index is 1.81. The maximum absolute atomic E-state index is 13.1. The molecule has 2 N–H and O–H groups in total. The predicted octanol–water partition coefficient (Wildman–Crippen LogP) is 5.41. The molecule has 0 amide bonds. The first kappa shape index (κ1) is 19.8. The number of hydrogen-bond donors (Lipinski definition) is 1. The number of nitrogens with two attached hydrogens (primary N) is 1. The SMILES string of the molecule is N[C@H](c1cc(OCc2ccccc2)cc(OCc2ccccc2)c1)C(F)(F)F. The molecule has 1 atom stereocenters. The number of ether oxygens (including phenoxy) is 2. The second-order valence-corrected chi connectivity index (χ2v) is 6.31. The lowest BCUT2D eigenvalue weighted by atomic mass is 10.1. The summed E-state index contributed by atoms with van der Waals surface area (Å²) in [4.78, 5) is 0. The fraction of sp³-hybridized carbons (Fsp3) is 0.182. The molecule has 0 saturated heterocycles. The molecule has 0 aliphatic carbocycles. The van der Waals surface area contributed by atoms with E-state index < -0.39 is 12.2 Å². The average molecular weight is 387 g/mol. The first-order valence-corrected chi connectivity index (χ1v) is 8.72. The molecule has 0 fully saturated rings. The van der Waals surface area contributed by atoms with E-state index in [0.29, 0.717) is 0 Å². The highest BCUT2D eigenvalue weighted by Gasteiger charge is 2.38. The van der Waals surface area contributed by atoms with Gasteiger partial charge in [0.1, 0.15) is 30.8 Å². The van der Waals surface area contributed by atoms with Gasteiger partial charge in [0.05, 0.1) is 0 Å². The van der Waals surface area contributed by atoms with Crippen molar-refractivity contribution >= 4 is 0 Å². The highest BCUT2D eigenvalue weighted by molar-refractivity contribution is 5.40. The fourth-order valence-electron chi connectivity index (χ4n) is 2.61. The van der Waals surface area contributed by atoms with Gasteiger partial charge in [0.25, 0.3) is 0 Å². The molecule has 6 heteroatoms. The lowest BCUT2D eigenvalue weighted by molar-refractivity contribution is -0.149. The fourth-order valence-corrected chi connectivity index (χ4v) is 2.61. The van der Waals surface area contributed by atoms with Crippen molar-refractivity contribution in [3.63, 3.8) is 0 Å². The first-order chi connectivity index (χ1) is 13.4. The molecule has 0 saturated carbocycles. The van der Waals surface area contributed by atoms with Crippen LogP contribution in [0.5, 0.6) is 11.5 Å². The van der Waals surface area contributed by atoms with Crippen LogP contribution in [0.1, 0.15) is 22.7 Å². The summed E-state index contributed by atoms with van der Waals surface area (Å²) in [5, 5.41) is 0. The van der Waals surface area contributed by atoms with Crippen LogP contribution in [-0.4, -0.2) is 6.18 Å². The molecule has 3 aromatic carbocycles. The van der Waals surface area contributed by atoms with Crippen LogP contribution in [0.15, 0.2) is 78.9 Å². The Morgan fingerprint density at radius 1 is 0.714 bits per heavy atom. The summed E-state index contributed by atoms with van der Waals surface area (Å²) in [6.45, 7) is 0.452. The van der Waals surface area contributed by atoms with E-state index in [1.807, 2.05) is 60.7 Å². The maximum atomic E-state index is 13.1. The topological polar surface area (TPSA) is 44.5 Å². The molecule has 28 heavy (non-hydrogen) atoms. The van der Waals surface area contributed by atoms with Gasteiger partial charge in [-0.1, -0.05) is 60.7 Å². The quantitative estimate of drug-likeness (QED) is 0.590. The van der Waals surface area contributed by atoms with Gasteiger partial charge in [0.2, 0.25) is 0 Å². The Morgan fingerprint density at radius 2 is 1.14 bits per heavy atom. The number of halogens is 3. The molecule has 0 aliphatic heterocycles. The first-order valence-electron chi connectivity index (χ1n) is 8.72. The summed E-state index contributed by atoms with van der Waals surface area (Å²) in [6, 6.07) is 20.8. The van der Waals surface area contributed by atoms with Crippen molar-refractivity contribution in [1.82, 2.24) is 0 Å². The Kier molecular flexibility index (Phi) is 6.21. The second kappa shape index (κ2) is 8.80. The second-order valence-electron chi connectivity index (χ2n) is 6.31. The largest absolute Gasteiger partial charge is 0.489 e. The van der Waals surface area contributed by atoms with Crippen molar-refractivity contribution in [2.45, 2.75) is 25.4 Å². The molecule has 0 spiro atoms. The van der Waals surface area contributed by atoms with Gasteiger partial charge < -0.3 is 15.2 Å². The van der Waals surface area contributed by atoms with Gasteiger partial charge in [-0.2, -0.15) is 13.2 Å². The highest BCUT2D eigenvalue weighted by atomic mass is 19.4. The summed E-state index contributed by atoms with van der Waals surface area (Å²) >= 11 is 0. The van der Waals surface area contributed by atoms with E-state index >= 15 is 0 Å². The Morgan fingerprint density at radius 3 is 1.54 bits per heavy atom. The third-order valence-corrected chi connectivity index (χ3v) is 4.11. The summed E-state index contributed by atoms with van der Waals surface area (Å²) in [7, 11) is 0. The van der Waals surface area contributed by atoms with Gasteiger partial charge in [-0.15, -0.1) is 0 Å². The molecule has 0 bridgehead atoms. The molecule has 3 nitrogen and oxygen atoms in total. The molecule has 0 heterocycles. The summed E-state index contributed by atoms with van der Waals surface area (Å²) in [6.07, 6.45) is -4.56. The molecular weight excluding hydrogens is 367 g/mol. The smallest absolute Gasteiger partial charge is 0.407 e. The van der Waals surface area contributed by atoms with Crippen LogP contribution in [0.3, 0.4) is 0 Å². The zero-order chi connectivity index (χ0) is 20.0. The molecule has 0 radical (unpaired) electrons. The van der Waals surface area contributed by atoms with E-state index in [-0.39, 0.29) is 30.3 Å². The third kappa shape index (κ3) is 5.50. The van der Waals surface area contributed by atoms with Crippen LogP contribution in [0.2, 0.25) is 0 Å². The van der Waals surface area contributed by atoms with Crippen LogP contribution in [0, 0.1) is 0 Å². The van der Waals surface area contributed by atoms with E-state index in [1.54, 1.807) is 6.07 Å². The van der Waals surface area contributed by atoms with Gasteiger partial charge in [-0.25, -0.2) is 0 Å². The van der Waals surface area contributed by atoms with Crippen LogP contribution < -0.4 is 15.2 Å². The van der Waals surface area contributed by atoms with Crippen molar-refractivity contribution in [3.8, 4) is 11.5 Å². The Labute approximate surface area is 161 Å². The van der Waals surface area contributed by atoms with E-state index in [9.17, 15) is 13.2 Å². The standard InChI is InChI=1S/C22H20F3NO2/c23-22(24,25)21(26)18-11-19(27-14-16-7-3-1-4-8-16)13-20(12-18)28-15-17-9-5-2-6-10-17/h1-13,21H,14-15,26H2/t21-/m1/s1. The van der Waals surface area contributed by atoms with Gasteiger partial charge in [-0.3, -0.25) is 0 Å². The van der Waals surface area contributed by atoms with E-state index in [0.717, 1.165) is 11.1 Å². The van der Waals surface area contributed by atoms with Crippen LogP contribution in [0.25, 0.3) is 0 Å². The average Bonchev–Trinajstić information content (AvgIpc) is 2.71. The Bertz CT molecular complexity index is 822. The monoisotopic (exact) mass is 387 g/mol. The van der Waals surface area contributed by atoms with Crippen molar-refractivity contribution in [3.05, 3.63) is 95.6 Å².